The van der Waals surface area contributed by atoms with Crippen molar-refractivity contribution < 1.29 is 0 Å². The van der Waals surface area contributed by atoms with Crippen molar-refractivity contribution in [1.29, 1.82) is 0 Å². The maximum absolute atomic E-state index is 4.61. The molecular formula is C18H28IN5. The van der Waals surface area contributed by atoms with E-state index in [0.717, 1.165) is 29.6 Å². The normalized spacial score (nSPS) is 12.6. The van der Waals surface area contributed by atoms with E-state index >= 15 is 0 Å². The molecule has 0 aliphatic heterocycles. The van der Waals surface area contributed by atoms with Crippen LogP contribution in [0.15, 0.2) is 41.5 Å². The molecule has 24 heavy (non-hydrogen) atoms. The number of nitrogens with one attached hydrogen (secondary N) is 3. The van der Waals surface area contributed by atoms with Crippen molar-refractivity contribution in [1.82, 2.24) is 20.6 Å². The van der Waals surface area contributed by atoms with Gasteiger partial charge in [-0.1, -0.05) is 44.2 Å². The Morgan fingerprint density at radius 3 is 2.54 bits per heavy atom. The molecule has 0 aliphatic carbocycles. The number of benzene rings is 1. The molecule has 5 nitrogen and oxygen atoms in total. The molecule has 2 aromatic rings. The number of aromatic amines is 1. The van der Waals surface area contributed by atoms with E-state index in [4.69, 9.17) is 0 Å². The zero-order chi connectivity index (χ0) is 16.7. The van der Waals surface area contributed by atoms with Crippen molar-refractivity contribution >= 4 is 29.9 Å². The van der Waals surface area contributed by atoms with Crippen LogP contribution in [0, 0.1) is 5.92 Å². The molecule has 6 heteroatoms. The van der Waals surface area contributed by atoms with E-state index in [1.807, 2.05) is 24.4 Å². The van der Waals surface area contributed by atoms with Gasteiger partial charge in [0.2, 0.25) is 0 Å². The van der Waals surface area contributed by atoms with E-state index in [2.05, 4.69) is 65.4 Å². The molecule has 0 amide bonds. The topological polar surface area (TPSA) is 65.1 Å². The monoisotopic (exact) mass is 441 g/mol. The SMILES string of the molecule is CCNC(=NCc1ncc(-c2ccccc2)[nH]1)NC(C)C(C)C.I. The molecule has 1 aromatic heterocycles. The van der Waals surface area contributed by atoms with Crippen LogP contribution in [0.5, 0.6) is 0 Å². The van der Waals surface area contributed by atoms with Crippen LogP contribution in [0.3, 0.4) is 0 Å². The van der Waals surface area contributed by atoms with Gasteiger partial charge < -0.3 is 15.6 Å². The fraction of sp³-hybridized carbons (Fsp3) is 0.444. The smallest absolute Gasteiger partial charge is 0.191 e. The lowest BCUT2D eigenvalue weighted by Crippen LogP contribution is -2.44. The summed E-state index contributed by atoms with van der Waals surface area (Å²) in [6.07, 6.45) is 1.86. The number of hydrogen-bond donors (Lipinski definition) is 3. The first-order valence-electron chi connectivity index (χ1n) is 8.24. The minimum atomic E-state index is 0. The molecule has 1 atom stereocenters. The van der Waals surface area contributed by atoms with Crippen LogP contribution < -0.4 is 10.6 Å². The van der Waals surface area contributed by atoms with Crippen LogP contribution in [-0.4, -0.2) is 28.5 Å². The molecule has 1 aromatic carbocycles. The van der Waals surface area contributed by atoms with Gasteiger partial charge in [0, 0.05) is 12.6 Å². The Labute approximate surface area is 161 Å². The summed E-state index contributed by atoms with van der Waals surface area (Å²) in [7, 11) is 0. The number of aliphatic imine (C=N–C) groups is 1. The molecule has 0 aliphatic rings. The van der Waals surface area contributed by atoms with Gasteiger partial charge in [-0.2, -0.15) is 0 Å². The lowest BCUT2D eigenvalue weighted by atomic mass is 10.1. The third-order valence-electron chi connectivity index (χ3n) is 3.81. The third kappa shape index (κ3) is 6.14. The first-order chi connectivity index (χ1) is 11.1. The average Bonchev–Trinajstić information content (AvgIpc) is 3.02. The molecule has 0 saturated carbocycles. The average molecular weight is 441 g/mol. The standard InChI is InChI=1S/C18H27N5.HI/c1-5-19-18(22-14(4)13(2)3)21-12-17-20-11-16(23-17)15-9-7-6-8-10-15;/h6-11,13-14H,5,12H2,1-4H3,(H,20,23)(H2,19,21,22);1H. The summed E-state index contributed by atoms with van der Waals surface area (Å²) in [5, 5.41) is 6.70. The second-order valence-electron chi connectivity index (χ2n) is 5.98. The zero-order valence-corrected chi connectivity index (χ0v) is 17.2. The first kappa shape index (κ1) is 20.5. The van der Waals surface area contributed by atoms with Crippen LogP contribution in [0.2, 0.25) is 0 Å². The van der Waals surface area contributed by atoms with Gasteiger partial charge in [0.25, 0.3) is 0 Å². The minimum absolute atomic E-state index is 0. The van der Waals surface area contributed by atoms with Crippen molar-refractivity contribution in [2.75, 3.05) is 6.54 Å². The van der Waals surface area contributed by atoms with E-state index in [0.29, 0.717) is 18.5 Å². The van der Waals surface area contributed by atoms with E-state index in [9.17, 15) is 0 Å². The Morgan fingerprint density at radius 2 is 1.92 bits per heavy atom. The van der Waals surface area contributed by atoms with Crippen LogP contribution in [0.25, 0.3) is 11.3 Å². The third-order valence-corrected chi connectivity index (χ3v) is 3.81. The van der Waals surface area contributed by atoms with E-state index < -0.39 is 0 Å². The van der Waals surface area contributed by atoms with Gasteiger partial charge in [-0.25, -0.2) is 9.98 Å². The Kier molecular flexibility index (Phi) is 8.81. The maximum atomic E-state index is 4.61. The predicted molar refractivity (Wildman–Crippen MR) is 112 cm³/mol. The summed E-state index contributed by atoms with van der Waals surface area (Å²) in [5.41, 5.74) is 2.15. The summed E-state index contributed by atoms with van der Waals surface area (Å²) >= 11 is 0. The van der Waals surface area contributed by atoms with Crippen molar-refractivity contribution in [2.45, 2.75) is 40.3 Å². The number of guanidine groups is 1. The second-order valence-corrected chi connectivity index (χ2v) is 5.98. The van der Waals surface area contributed by atoms with Gasteiger partial charge in [-0.3, -0.25) is 0 Å². The van der Waals surface area contributed by atoms with Crippen LogP contribution in [0.1, 0.15) is 33.5 Å². The number of imidazole rings is 1. The summed E-state index contributed by atoms with van der Waals surface area (Å²) in [6, 6.07) is 10.6. The predicted octanol–water partition coefficient (Wildman–Crippen LogP) is 3.79. The quantitative estimate of drug-likeness (QED) is 0.363. The Hall–Kier alpha value is -1.57. The molecule has 0 fully saturated rings. The lowest BCUT2D eigenvalue weighted by molar-refractivity contribution is 0.481. The van der Waals surface area contributed by atoms with Crippen LogP contribution >= 0.6 is 24.0 Å². The lowest BCUT2D eigenvalue weighted by Gasteiger charge is -2.20. The highest BCUT2D eigenvalue weighted by atomic mass is 127. The molecule has 2 rings (SSSR count). The zero-order valence-electron chi connectivity index (χ0n) is 14.8. The Bertz CT molecular complexity index is 621. The second kappa shape index (κ2) is 10.3. The summed E-state index contributed by atoms with van der Waals surface area (Å²) in [6.45, 7) is 9.98. The number of hydrogen-bond acceptors (Lipinski definition) is 2. The fourth-order valence-electron chi connectivity index (χ4n) is 2.06. The van der Waals surface area contributed by atoms with Crippen molar-refractivity contribution in [3.63, 3.8) is 0 Å². The number of halogens is 1. The van der Waals surface area contributed by atoms with Gasteiger partial charge in [0.1, 0.15) is 12.4 Å². The molecule has 1 heterocycles. The number of rotatable bonds is 6. The summed E-state index contributed by atoms with van der Waals surface area (Å²) in [5.74, 6) is 2.23. The largest absolute Gasteiger partial charge is 0.357 e. The molecule has 0 bridgehead atoms. The summed E-state index contributed by atoms with van der Waals surface area (Å²) in [4.78, 5) is 12.4. The highest BCUT2D eigenvalue weighted by Crippen LogP contribution is 2.16. The first-order valence-corrected chi connectivity index (χ1v) is 8.24. The molecule has 0 radical (unpaired) electrons. The molecule has 0 spiro atoms. The highest BCUT2D eigenvalue weighted by molar-refractivity contribution is 14.0. The molecular weight excluding hydrogens is 413 g/mol. The highest BCUT2D eigenvalue weighted by Gasteiger charge is 2.09. The maximum Gasteiger partial charge on any atom is 0.191 e. The Morgan fingerprint density at radius 1 is 1.21 bits per heavy atom. The van der Waals surface area contributed by atoms with Gasteiger partial charge in [-0.15, -0.1) is 24.0 Å². The molecule has 1 unspecified atom stereocenters. The summed E-state index contributed by atoms with van der Waals surface area (Å²) < 4.78 is 0. The van der Waals surface area contributed by atoms with E-state index in [1.54, 1.807) is 0 Å². The minimum Gasteiger partial charge on any atom is -0.357 e. The van der Waals surface area contributed by atoms with Gasteiger partial charge in [0.05, 0.1) is 11.9 Å². The number of aromatic nitrogens is 2. The van der Waals surface area contributed by atoms with E-state index in [1.165, 1.54) is 0 Å². The van der Waals surface area contributed by atoms with Gasteiger partial charge in [0.15, 0.2) is 5.96 Å². The van der Waals surface area contributed by atoms with Gasteiger partial charge in [-0.05, 0) is 25.3 Å². The van der Waals surface area contributed by atoms with Crippen LogP contribution in [0.4, 0.5) is 0 Å². The van der Waals surface area contributed by atoms with Crippen LogP contribution in [-0.2, 0) is 6.54 Å². The molecule has 0 saturated heterocycles. The van der Waals surface area contributed by atoms with E-state index in [-0.39, 0.29) is 24.0 Å². The van der Waals surface area contributed by atoms with Crippen molar-refractivity contribution in [3.8, 4) is 11.3 Å². The number of nitrogens with zero attached hydrogens (tertiary/aromatic N) is 2. The molecule has 132 valence electrons. The van der Waals surface area contributed by atoms with Crippen molar-refractivity contribution in [2.24, 2.45) is 10.9 Å². The molecule has 3 N–H and O–H groups in total. The van der Waals surface area contributed by atoms with Crippen molar-refractivity contribution in [3.05, 3.63) is 42.4 Å². The number of H-pyrrole nitrogens is 1. The Balaban J connectivity index is 0.00000288. The van der Waals surface area contributed by atoms with Gasteiger partial charge >= 0.3 is 0 Å². The fourth-order valence-corrected chi connectivity index (χ4v) is 2.06.